The molecule has 0 saturated carbocycles. The van der Waals surface area contributed by atoms with Gasteiger partial charge >= 0.3 is 5.97 Å². The second-order valence-electron chi connectivity index (χ2n) is 3.57. The van der Waals surface area contributed by atoms with Gasteiger partial charge in [-0.3, -0.25) is 4.79 Å². The predicted octanol–water partition coefficient (Wildman–Crippen LogP) is 1.31. The van der Waals surface area contributed by atoms with Crippen LogP contribution in [0.25, 0.3) is 0 Å². The van der Waals surface area contributed by atoms with E-state index < -0.39 is 5.97 Å². The second kappa shape index (κ2) is 10.9. The standard InChI is InChI=1S/C11H22O5/c1-10(4-5-11(12)13)16-9-8-15-7-3-6-14-2/h10H,3-9H2,1-2H3,(H,12,13). The molecule has 0 aromatic heterocycles. The lowest BCUT2D eigenvalue weighted by molar-refractivity contribution is -0.137. The molecule has 0 saturated heterocycles. The highest BCUT2D eigenvalue weighted by atomic mass is 16.5. The van der Waals surface area contributed by atoms with Crippen LogP contribution in [0.2, 0.25) is 0 Å². The minimum atomic E-state index is -0.786. The highest BCUT2D eigenvalue weighted by Gasteiger charge is 2.05. The highest BCUT2D eigenvalue weighted by molar-refractivity contribution is 5.66. The van der Waals surface area contributed by atoms with Gasteiger partial charge in [0.2, 0.25) is 0 Å². The smallest absolute Gasteiger partial charge is 0.303 e. The normalized spacial score (nSPS) is 12.6. The van der Waals surface area contributed by atoms with Crippen molar-refractivity contribution in [3.63, 3.8) is 0 Å². The molecule has 1 unspecified atom stereocenters. The van der Waals surface area contributed by atoms with Gasteiger partial charge in [-0.15, -0.1) is 0 Å². The number of rotatable bonds is 11. The molecule has 1 atom stereocenters. The minimum absolute atomic E-state index is 0.0290. The van der Waals surface area contributed by atoms with Gasteiger partial charge in [-0.1, -0.05) is 0 Å². The molecule has 0 fully saturated rings. The largest absolute Gasteiger partial charge is 0.481 e. The van der Waals surface area contributed by atoms with E-state index in [1.807, 2.05) is 6.92 Å². The molecule has 5 heteroatoms. The first-order chi connectivity index (χ1) is 7.66. The minimum Gasteiger partial charge on any atom is -0.481 e. The lowest BCUT2D eigenvalue weighted by Crippen LogP contribution is -2.14. The monoisotopic (exact) mass is 234 g/mol. The first-order valence-corrected chi connectivity index (χ1v) is 5.57. The van der Waals surface area contributed by atoms with E-state index in [2.05, 4.69) is 0 Å². The Morgan fingerprint density at radius 3 is 2.62 bits per heavy atom. The first-order valence-electron chi connectivity index (χ1n) is 5.57. The van der Waals surface area contributed by atoms with E-state index in [0.29, 0.717) is 32.8 Å². The van der Waals surface area contributed by atoms with Gasteiger partial charge in [0.05, 0.1) is 19.3 Å². The molecule has 16 heavy (non-hydrogen) atoms. The SMILES string of the molecule is COCCCOCCOC(C)CCC(=O)O. The second-order valence-corrected chi connectivity index (χ2v) is 3.57. The molecule has 0 amide bonds. The van der Waals surface area contributed by atoms with Crippen molar-refractivity contribution in [2.75, 3.05) is 33.5 Å². The highest BCUT2D eigenvalue weighted by Crippen LogP contribution is 2.01. The molecule has 5 nitrogen and oxygen atoms in total. The molecule has 0 aromatic rings. The third kappa shape index (κ3) is 11.4. The van der Waals surface area contributed by atoms with Crippen molar-refractivity contribution < 1.29 is 24.1 Å². The Balaban J connectivity index is 3.15. The van der Waals surface area contributed by atoms with Crippen molar-refractivity contribution in [2.45, 2.75) is 32.3 Å². The summed E-state index contributed by atoms with van der Waals surface area (Å²) < 4.78 is 15.5. The molecule has 96 valence electrons. The molecule has 0 aliphatic heterocycles. The quantitative estimate of drug-likeness (QED) is 0.546. The van der Waals surface area contributed by atoms with Crippen molar-refractivity contribution in [1.29, 1.82) is 0 Å². The van der Waals surface area contributed by atoms with Gasteiger partial charge in [-0.05, 0) is 19.8 Å². The van der Waals surface area contributed by atoms with Crippen molar-refractivity contribution in [2.24, 2.45) is 0 Å². The van der Waals surface area contributed by atoms with Crippen LogP contribution in [0.5, 0.6) is 0 Å². The Bertz CT molecular complexity index is 172. The van der Waals surface area contributed by atoms with Crippen LogP contribution in [0.4, 0.5) is 0 Å². The van der Waals surface area contributed by atoms with Gasteiger partial charge in [0.1, 0.15) is 0 Å². The molecule has 0 rings (SSSR count). The Kier molecular flexibility index (Phi) is 10.4. The Morgan fingerprint density at radius 1 is 1.25 bits per heavy atom. The molecule has 1 N–H and O–H groups in total. The molecular formula is C11H22O5. The van der Waals surface area contributed by atoms with Gasteiger partial charge in [0.15, 0.2) is 0 Å². The van der Waals surface area contributed by atoms with E-state index in [9.17, 15) is 4.79 Å². The van der Waals surface area contributed by atoms with Crippen LogP contribution < -0.4 is 0 Å². The maximum absolute atomic E-state index is 10.3. The van der Waals surface area contributed by atoms with Crippen LogP contribution in [0.3, 0.4) is 0 Å². The van der Waals surface area contributed by atoms with E-state index >= 15 is 0 Å². The molecule has 0 spiro atoms. The van der Waals surface area contributed by atoms with Gasteiger partial charge in [0, 0.05) is 26.7 Å². The molecule has 0 aliphatic rings. The van der Waals surface area contributed by atoms with Crippen molar-refractivity contribution in [3.8, 4) is 0 Å². The van der Waals surface area contributed by atoms with Crippen LogP contribution in [-0.2, 0) is 19.0 Å². The fourth-order valence-corrected chi connectivity index (χ4v) is 1.13. The number of methoxy groups -OCH3 is 1. The zero-order chi connectivity index (χ0) is 12.2. The van der Waals surface area contributed by atoms with E-state index in [0.717, 1.165) is 6.42 Å². The predicted molar refractivity (Wildman–Crippen MR) is 59.6 cm³/mol. The Morgan fingerprint density at radius 2 is 2.00 bits per heavy atom. The molecule has 0 heterocycles. The Labute approximate surface area is 96.7 Å². The maximum atomic E-state index is 10.3. The van der Waals surface area contributed by atoms with Crippen molar-refractivity contribution >= 4 is 5.97 Å². The lowest BCUT2D eigenvalue weighted by Gasteiger charge is -2.11. The molecule has 0 aliphatic carbocycles. The number of carbonyl (C=O) groups is 1. The van der Waals surface area contributed by atoms with Crippen LogP contribution in [0.1, 0.15) is 26.2 Å². The zero-order valence-electron chi connectivity index (χ0n) is 10.1. The van der Waals surface area contributed by atoms with Crippen LogP contribution >= 0.6 is 0 Å². The average Bonchev–Trinajstić information content (AvgIpc) is 2.25. The van der Waals surface area contributed by atoms with E-state index in [1.165, 1.54) is 0 Å². The summed E-state index contributed by atoms with van der Waals surface area (Å²) in [6.07, 6.45) is 1.54. The summed E-state index contributed by atoms with van der Waals surface area (Å²) in [5.41, 5.74) is 0. The number of hydrogen-bond donors (Lipinski definition) is 1. The summed E-state index contributed by atoms with van der Waals surface area (Å²) in [5, 5.41) is 8.46. The zero-order valence-corrected chi connectivity index (χ0v) is 10.1. The van der Waals surface area contributed by atoms with E-state index in [-0.39, 0.29) is 12.5 Å². The van der Waals surface area contributed by atoms with E-state index in [1.54, 1.807) is 7.11 Å². The summed E-state index contributed by atoms with van der Waals surface area (Å²) in [7, 11) is 1.66. The number of carboxylic acids is 1. The maximum Gasteiger partial charge on any atom is 0.303 e. The third-order valence-electron chi connectivity index (χ3n) is 2.03. The van der Waals surface area contributed by atoms with Crippen molar-refractivity contribution in [1.82, 2.24) is 0 Å². The van der Waals surface area contributed by atoms with Crippen LogP contribution in [0.15, 0.2) is 0 Å². The molecular weight excluding hydrogens is 212 g/mol. The number of carboxylic acid groups (broad SMARTS) is 1. The molecule has 0 bridgehead atoms. The van der Waals surface area contributed by atoms with Gasteiger partial charge in [-0.2, -0.15) is 0 Å². The summed E-state index contributed by atoms with van der Waals surface area (Å²) in [6, 6.07) is 0. The summed E-state index contributed by atoms with van der Waals surface area (Å²) in [5.74, 6) is -0.786. The molecule has 0 radical (unpaired) electrons. The third-order valence-corrected chi connectivity index (χ3v) is 2.03. The lowest BCUT2D eigenvalue weighted by atomic mass is 10.2. The fraction of sp³-hybridized carbons (Fsp3) is 0.909. The number of ether oxygens (including phenoxy) is 3. The summed E-state index contributed by atoms with van der Waals surface area (Å²) >= 11 is 0. The summed E-state index contributed by atoms with van der Waals surface area (Å²) in [6.45, 7) is 4.29. The van der Waals surface area contributed by atoms with Gasteiger partial charge in [-0.25, -0.2) is 0 Å². The van der Waals surface area contributed by atoms with Crippen LogP contribution in [-0.4, -0.2) is 50.7 Å². The first kappa shape index (κ1) is 15.3. The average molecular weight is 234 g/mol. The topological polar surface area (TPSA) is 65.0 Å². The Hall–Kier alpha value is -0.650. The number of hydrogen-bond acceptors (Lipinski definition) is 4. The number of aliphatic carboxylic acids is 1. The van der Waals surface area contributed by atoms with Gasteiger partial charge in [0.25, 0.3) is 0 Å². The van der Waals surface area contributed by atoms with E-state index in [4.69, 9.17) is 19.3 Å². The molecule has 0 aromatic carbocycles. The van der Waals surface area contributed by atoms with Gasteiger partial charge < -0.3 is 19.3 Å². The fourth-order valence-electron chi connectivity index (χ4n) is 1.13. The van der Waals surface area contributed by atoms with Crippen molar-refractivity contribution in [3.05, 3.63) is 0 Å². The van der Waals surface area contributed by atoms with Crippen LogP contribution in [0, 0.1) is 0 Å². The summed E-state index contributed by atoms with van der Waals surface area (Å²) in [4.78, 5) is 10.3.